The van der Waals surface area contributed by atoms with Gasteiger partial charge in [0.1, 0.15) is 11.6 Å². The van der Waals surface area contributed by atoms with Crippen LogP contribution in [-0.4, -0.2) is 30.5 Å². The maximum atomic E-state index is 14.4. The van der Waals surface area contributed by atoms with Crippen LogP contribution in [0.15, 0.2) is 54.7 Å². The summed E-state index contributed by atoms with van der Waals surface area (Å²) in [6.45, 7) is 4.94. The summed E-state index contributed by atoms with van der Waals surface area (Å²) >= 11 is 0. The van der Waals surface area contributed by atoms with Gasteiger partial charge in [0.2, 0.25) is 5.91 Å². The van der Waals surface area contributed by atoms with Crippen LogP contribution in [0.3, 0.4) is 0 Å². The van der Waals surface area contributed by atoms with Gasteiger partial charge in [0.15, 0.2) is 9.84 Å². The minimum atomic E-state index is -3.35. The molecule has 3 aromatic rings. The molecule has 1 amide bonds. The molecule has 1 unspecified atom stereocenters. The zero-order chi connectivity index (χ0) is 28.6. The number of hydrogen-bond acceptors (Lipinski definition) is 6. The summed E-state index contributed by atoms with van der Waals surface area (Å²) in [5, 5.41) is 5.16. The molecular formula is C29H36F2N4O3S. The molecule has 0 bridgehead atoms. The number of carbonyl (C=O) groups excluding carboxylic acids is 1. The molecule has 3 rings (SSSR count). The second-order valence-electron chi connectivity index (χ2n) is 9.84. The van der Waals surface area contributed by atoms with Gasteiger partial charge in [-0.15, -0.1) is 0 Å². The third kappa shape index (κ3) is 8.81. The van der Waals surface area contributed by atoms with E-state index in [1.807, 2.05) is 31.2 Å². The van der Waals surface area contributed by atoms with Crippen molar-refractivity contribution in [3.05, 3.63) is 88.4 Å². The standard InChI is InChI=1S/C29H36F2N4O3S/c1-5-6-14-27(36)33-17-22-11-9-10-21(15-22)16-26-32-19-25(29(3,30)31)28(35-26)34-18-23-12-7-8-13-24(23)20(2)39(4,37)38/h7-13,15,19-20H,5-6,14,16-18H2,1-4H3,(H,33,36)(H,32,34,35). The molecule has 0 saturated carbocycles. The van der Waals surface area contributed by atoms with Crippen LogP contribution in [0, 0.1) is 0 Å². The van der Waals surface area contributed by atoms with Gasteiger partial charge in [-0.25, -0.2) is 27.2 Å². The Morgan fingerprint density at radius 2 is 1.79 bits per heavy atom. The molecule has 1 heterocycles. The maximum Gasteiger partial charge on any atom is 0.275 e. The summed E-state index contributed by atoms with van der Waals surface area (Å²) in [5.74, 6) is -2.83. The summed E-state index contributed by atoms with van der Waals surface area (Å²) in [4.78, 5) is 20.6. The van der Waals surface area contributed by atoms with E-state index in [2.05, 4.69) is 20.6 Å². The Morgan fingerprint density at radius 3 is 2.49 bits per heavy atom. The summed E-state index contributed by atoms with van der Waals surface area (Å²) < 4.78 is 53.1. The van der Waals surface area contributed by atoms with Crippen LogP contribution in [0.25, 0.3) is 0 Å². The predicted molar refractivity (Wildman–Crippen MR) is 149 cm³/mol. The van der Waals surface area contributed by atoms with Gasteiger partial charge in [0.25, 0.3) is 5.92 Å². The van der Waals surface area contributed by atoms with E-state index in [9.17, 15) is 22.0 Å². The molecule has 0 fully saturated rings. The molecule has 2 N–H and O–H groups in total. The number of halogens is 2. The number of carbonyl (C=O) groups is 1. The van der Waals surface area contributed by atoms with Crippen LogP contribution in [0.5, 0.6) is 0 Å². The van der Waals surface area contributed by atoms with E-state index in [4.69, 9.17) is 0 Å². The van der Waals surface area contributed by atoms with Crippen molar-refractivity contribution in [2.24, 2.45) is 0 Å². The first kappa shape index (κ1) is 30.1. The SMILES string of the molecule is CCCCC(=O)NCc1cccc(Cc2ncc(C(C)(F)F)c(NCc3ccccc3C(C)S(C)(=O)=O)n2)c1. The smallest absolute Gasteiger partial charge is 0.275 e. The minimum absolute atomic E-state index is 0.00453. The van der Waals surface area contributed by atoms with Gasteiger partial charge in [0, 0.05) is 45.3 Å². The second-order valence-corrected chi connectivity index (χ2v) is 12.2. The molecule has 0 spiro atoms. The van der Waals surface area contributed by atoms with Gasteiger partial charge in [0.05, 0.1) is 10.8 Å². The fraction of sp³-hybridized carbons (Fsp3) is 0.414. The van der Waals surface area contributed by atoms with Crippen LogP contribution < -0.4 is 10.6 Å². The number of rotatable bonds is 13. The van der Waals surface area contributed by atoms with Crippen LogP contribution in [0.4, 0.5) is 14.6 Å². The van der Waals surface area contributed by atoms with Crippen molar-refractivity contribution in [3.63, 3.8) is 0 Å². The van der Waals surface area contributed by atoms with Crippen molar-refractivity contribution in [1.29, 1.82) is 0 Å². The van der Waals surface area contributed by atoms with Gasteiger partial charge in [-0.05, 0) is 35.6 Å². The average molecular weight is 559 g/mol. The van der Waals surface area contributed by atoms with E-state index in [0.717, 1.165) is 37.1 Å². The third-order valence-electron chi connectivity index (χ3n) is 6.49. The van der Waals surface area contributed by atoms with Crippen molar-refractivity contribution < 1.29 is 22.0 Å². The highest BCUT2D eigenvalue weighted by Crippen LogP contribution is 2.32. The molecule has 0 saturated heterocycles. The quantitative estimate of drug-likeness (QED) is 0.279. The van der Waals surface area contributed by atoms with Gasteiger partial charge in [-0.1, -0.05) is 61.9 Å². The lowest BCUT2D eigenvalue weighted by molar-refractivity contribution is -0.121. The van der Waals surface area contributed by atoms with Crippen molar-refractivity contribution >= 4 is 21.6 Å². The Labute approximate surface area is 229 Å². The van der Waals surface area contributed by atoms with Crippen LogP contribution >= 0.6 is 0 Å². The first-order valence-corrected chi connectivity index (χ1v) is 14.9. The van der Waals surface area contributed by atoms with Crippen LogP contribution in [0.1, 0.15) is 78.9 Å². The van der Waals surface area contributed by atoms with Crippen molar-refractivity contribution in [1.82, 2.24) is 15.3 Å². The van der Waals surface area contributed by atoms with E-state index >= 15 is 0 Å². The normalized spacial score (nSPS) is 12.7. The average Bonchev–Trinajstić information content (AvgIpc) is 2.88. The monoisotopic (exact) mass is 558 g/mol. The topological polar surface area (TPSA) is 101 Å². The molecule has 0 aliphatic heterocycles. The molecule has 0 aliphatic rings. The zero-order valence-corrected chi connectivity index (χ0v) is 23.6. The molecule has 2 aromatic carbocycles. The molecule has 39 heavy (non-hydrogen) atoms. The van der Waals surface area contributed by atoms with Crippen LogP contribution in [-0.2, 0) is 40.1 Å². The highest BCUT2D eigenvalue weighted by atomic mass is 32.2. The lowest BCUT2D eigenvalue weighted by Gasteiger charge is -2.19. The first-order chi connectivity index (χ1) is 18.4. The first-order valence-electron chi connectivity index (χ1n) is 13.0. The number of anilines is 1. The Morgan fingerprint density at radius 1 is 1.08 bits per heavy atom. The van der Waals surface area contributed by atoms with Crippen molar-refractivity contribution in [2.75, 3.05) is 11.6 Å². The number of amides is 1. The van der Waals surface area contributed by atoms with Gasteiger partial charge in [-0.2, -0.15) is 0 Å². The summed E-state index contributed by atoms with van der Waals surface area (Å²) in [6.07, 6.45) is 4.90. The molecule has 10 heteroatoms. The van der Waals surface area contributed by atoms with E-state index in [-0.39, 0.29) is 23.8 Å². The number of unbranched alkanes of at least 4 members (excludes halogenated alkanes) is 1. The highest BCUT2D eigenvalue weighted by Gasteiger charge is 2.30. The minimum Gasteiger partial charge on any atom is -0.365 e. The Hall–Kier alpha value is -3.40. The van der Waals surface area contributed by atoms with E-state index in [0.29, 0.717) is 36.3 Å². The molecule has 1 aromatic heterocycles. The summed E-state index contributed by atoms with van der Waals surface area (Å²) in [6, 6.07) is 14.6. The number of benzene rings is 2. The number of hydrogen-bond donors (Lipinski definition) is 2. The maximum absolute atomic E-state index is 14.4. The molecule has 1 atom stereocenters. The number of nitrogens with zero attached hydrogens (tertiary/aromatic N) is 2. The van der Waals surface area contributed by atoms with Gasteiger partial charge < -0.3 is 10.6 Å². The van der Waals surface area contributed by atoms with Crippen molar-refractivity contribution in [2.45, 2.75) is 70.7 Å². The summed E-state index contributed by atoms with van der Waals surface area (Å²) in [5.41, 5.74) is 2.73. The van der Waals surface area contributed by atoms with Gasteiger partial charge in [-0.3, -0.25) is 4.79 Å². The number of alkyl halides is 2. The highest BCUT2D eigenvalue weighted by molar-refractivity contribution is 7.90. The number of aromatic nitrogens is 2. The second kappa shape index (κ2) is 13.1. The third-order valence-corrected chi connectivity index (χ3v) is 8.03. The molecular weight excluding hydrogens is 522 g/mol. The van der Waals surface area contributed by atoms with Gasteiger partial charge >= 0.3 is 0 Å². The fourth-order valence-corrected chi connectivity index (χ4v) is 4.81. The van der Waals surface area contributed by atoms with E-state index < -0.39 is 21.0 Å². The van der Waals surface area contributed by atoms with Crippen LogP contribution in [0.2, 0.25) is 0 Å². The Kier molecular flexibility index (Phi) is 10.1. The fourth-order valence-electron chi connectivity index (χ4n) is 4.12. The molecule has 0 radical (unpaired) electrons. The number of sulfone groups is 1. The Bertz CT molecular complexity index is 1390. The molecule has 7 nitrogen and oxygen atoms in total. The molecule has 210 valence electrons. The van der Waals surface area contributed by atoms with E-state index in [1.165, 1.54) is 6.26 Å². The zero-order valence-electron chi connectivity index (χ0n) is 22.8. The van der Waals surface area contributed by atoms with Crippen molar-refractivity contribution in [3.8, 4) is 0 Å². The largest absolute Gasteiger partial charge is 0.365 e. The lowest BCUT2D eigenvalue weighted by atomic mass is 10.0. The molecule has 0 aliphatic carbocycles. The summed E-state index contributed by atoms with van der Waals surface area (Å²) in [7, 11) is -3.35. The lowest BCUT2D eigenvalue weighted by Crippen LogP contribution is -2.22. The Balaban J connectivity index is 1.80. The van der Waals surface area contributed by atoms with E-state index in [1.54, 1.807) is 31.2 Å². The predicted octanol–water partition coefficient (Wildman–Crippen LogP) is 5.70. The number of nitrogens with one attached hydrogen (secondary N) is 2.